The molecule has 2 amide bonds. The fourth-order valence-corrected chi connectivity index (χ4v) is 6.75. The second-order valence-electron chi connectivity index (χ2n) is 11.5. The van der Waals surface area contributed by atoms with Gasteiger partial charge in [0.15, 0.2) is 0 Å². The smallest absolute Gasteiger partial charge is 0.264 e. The van der Waals surface area contributed by atoms with Crippen LogP contribution in [-0.2, 0) is 32.6 Å². The van der Waals surface area contributed by atoms with Crippen molar-refractivity contribution in [1.82, 2.24) is 10.2 Å². The molecule has 10 heteroatoms. The number of hydrogen-bond acceptors (Lipinski definition) is 5. The number of nitrogens with zero attached hydrogens (tertiary/aromatic N) is 2. The quantitative estimate of drug-likeness (QED) is 0.173. The first kappa shape index (κ1) is 34.7. The number of aryl methyl sites for hydroxylation is 2. The number of benzene rings is 4. The molecule has 1 atom stereocenters. The van der Waals surface area contributed by atoms with Crippen molar-refractivity contribution in [3.05, 3.63) is 124 Å². The molecule has 0 aliphatic rings. The van der Waals surface area contributed by atoms with Crippen LogP contribution in [0.1, 0.15) is 36.1 Å². The predicted octanol–water partition coefficient (Wildman–Crippen LogP) is 6.43. The Bertz CT molecular complexity index is 1750. The predicted molar refractivity (Wildman–Crippen MR) is 185 cm³/mol. The highest BCUT2D eigenvalue weighted by Gasteiger charge is 2.35. The van der Waals surface area contributed by atoms with Gasteiger partial charge >= 0.3 is 0 Å². The summed E-state index contributed by atoms with van der Waals surface area (Å²) in [6.07, 6.45) is 0.236. The monoisotopic (exact) mass is 705 g/mol. The van der Waals surface area contributed by atoms with Crippen LogP contribution < -0.4 is 14.4 Å². The Morgan fingerprint density at radius 2 is 1.48 bits per heavy atom. The van der Waals surface area contributed by atoms with Crippen molar-refractivity contribution in [3.8, 4) is 5.75 Å². The molecule has 0 radical (unpaired) electrons. The van der Waals surface area contributed by atoms with Crippen molar-refractivity contribution in [1.29, 1.82) is 0 Å². The Morgan fingerprint density at radius 1 is 0.848 bits per heavy atom. The van der Waals surface area contributed by atoms with Gasteiger partial charge in [-0.15, -0.1) is 0 Å². The van der Waals surface area contributed by atoms with E-state index in [1.807, 2.05) is 88.4 Å². The van der Waals surface area contributed by atoms with Crippen molar-refractivity contribution in [3.63, 3.8) is 0 Å². The highest BCUT2D eigenvalue weighted by atomic mass is 79.9. The van der Waals surface area contributed by atoms with Gasteiger partial charge in [-0.25, -0.2) is 8.42 Å². The molecule has 1 N–H and O–H groups in total. The Hall–Kier alpha value is -4.15. The van der Waals surface area contributed by atoms with Gasteiger partial charge in [0.2, 0.25) is 11.8 Å². The Morgan fingerprint density at radius 3 is 2.09 bits per heavy atom. The third-order valence-electron chi connectivity index (χ3n) is 7.46. The second kappa shape index (κ2) is 15.4. The normalized spacial score (nSPS) is 12.0. The first-order chi connectivity index (χ1) is 21.9. The molecule has 8 nitrogen and oxygen atoms in total. The fraction of sp³-hybridized carbons (Fsp3) is 0.278. The molecule has 0 saturated heterocycles. The van der Waals surface area contributed by atoms with Crippen LogP contribution in [0.25, 0.3) is 0 Å². The number of sulfonamides is 1. The van der Waals surface area contributed by atoms with Gasteiger partial charge < -0.3 is 15.0 Å². The van der Waals surface area contributed by atoms with E-state index >= 15 is 0 Å². The first-order valence-corrected chi connectivity index (χ1v) is 17.2. The van der Waals surface area contributed by atoms with E-state index in [1.54, 1.807) is 24.3 Å². The maximum atomic E-state index is 14.6. The molecule has 46 heavy (non-hydrogen) atoms. The van der Waals surface area contributed by atoms with E-state index in [0.29, 0.717) is 5.75 Å². The lowest BCUT2D eigenvalue weighted by molar-refractivity contribution is -0.140. The summed E-state index contributed by atoms with van der Waals surface area (Å²) < 4.78 is 36.2. The summed E-state index contributed by atoms with van der Waals surface area (Å²) in [5, 5.41) is 2.97. The molecule has 0 unspecified atom stereocenters. The Labute approximate surface area is 280 Å². The number of methoxy groups -OCH3 is 1. The van der Waals surface area contributed by atoms with E-state index in [4.69, 9.17) is 4.74 Å². The van der Waals surface area contributed by atoms with Gasteiger partial charge in [-0.2, -0.15) is 0 Å². The lowest BCUT2D eigenvalue weighted by Gasteiger charge is -2.34. The molecule has 242 valence electrons. The van der Waals surface area contributed by atoms with E-state index in [0.717, 1.165) is 31.0 Å². The molecule has 0 aromatic heterocycles. The maximum Gasteiger partial charge on any atom is 0.264 e. The molecule has 0 fully saturated rings. The van der Waals surface area contributed by atoms with Gasteiger partial charge in [0, 0.05) is 23.5 Å². The molecule has 0 bridgehead atoms. The van der Waals surface area contributed by atoms with Crippen LogP contribution in [0.3, 0.4) is 0 Å². The summed E-state index contributed by atoms with van der Waals surface area (Å²) in [4.78, 5) is 30.0. The summed E-state index contributed by atoms with van der Waals surface area (Å²) >= 11 is 3.46. The van der Waals surface area contributed by atoms with E-state index < -0.39 is 28.5 Å². The Kier molecular flexibility index (Phi) is 11.6. The first-order valence-electron chi connectivity index (χ1n) is 15.0. The van der Waals surface area contributed by atoms with E-state index in [1.165, 1.54) is 24.1 Å². The number of halogens is 1. The molecule has 0 heterocycles. The zero-order chi connectivity index (χ0) is 33.4. The number of nitrogens with one attached hydrogen (secondary N) is 1. The highest BCUT2D eigenvalue weighted by Crippen LogP contribution is 2.34. The molecular formula is C36H40BrN3O5S. The van der Waals surface area contributed by atoms with Gasteiger partial charge in [-0.3, -0.25) is 13.9 Å². The average Bonchev–Trinajstić information content (AvgIpc) is 3.02. The van der Waals surface area contributed by atoms with Crippen molar-refractivity contribution in [2.75, 3.05) is 18.0 Å². The highest BCUT2D eigenvalue weighted by molar-refractivity contribution is 9.10. The van der Waals surface area contributed by atoms with Crippen LogP contribution in [0, 0.1) is 13.8 Å². The van der Waals surface area contributed by atoms with E-state index in [9.17, 15) is 18.0 Å². The van der Waals surface area contributed by atoms with E-state index in [-0.39, 0.29) is 35.5 Å². The third kappa shape index (κ3) is 8.76. The molecule has 4 aromatic rings. The standard InChI is InChI=1S/C36H40BrN3O5S/c1-25(2)38-36(42)33(22-28-9-7-6-8-10-28)39(23-29-14-16-30(37)17-15-29)35(41)24-40(32-21-27(4)13-20-34(32)45-5)46(43,44)31-18-11-26(3)12-19-31/h6-21,25,33H,22-24H2,1-5H3,(H,38,42)/t33-/m1/s1. The zero-order valence-corrected chi connectivity index (χ0v) is 29.1. The van der Waals surface area contributed by atoms with Crippen LogP contribution in [-0.4, -0.2) is 50.9 Å². The summed E-state index contributed by atoms with van der Waals surface area (Å²) in [5.74, 6) is -0.570. The minimum Gasteiger partial charge on any atom is -0.495 e. The number of anilines is 1. The Balaban J connectivity index is 1.85. The minimum absolute atomic E-state index is 0.0345. The summed E-state index contributed by atoms with van der Waals surface area (Å²) in [5.41, 5.74) is 3.57. The van der Waals surface area contributed by atoms with E-state index in [2.05, 4.69) is 21.2 Å². The van der Waals surface area contributed by atoms with Gasteiger partial charge in [-0.05, 0) is 80.8 Å². The molecule has 0 spiro atoms. The molecular weight excluding hydrogens is 666 g/mol. The van der Waals surface area contributed by atoms with Crippen LogP contribution in [0.4, 0.5) is 5.69 Å². The average molecular weight is 707 g/mol. The summed E-state index contributed by atoms with van der Waals surface area (Å²) in [6, 6.07) is 27.5. The van der Waals surface area contributed by atoms with Crippen LogP contribution in [0.5, 0.6) is 5.75 Å². The number of rotatable bonds is 13. The third-order valence-corrected chi connectivity index (χ3v) is 9.76. The zero-order valence-electron chi connectivity index (χ0n) is 26.7. The molecule has 0 saturated carbocycles. The van der Waals surface area contributed by atoms with Gasteiger partial charge in [0.05, 0.1) is 17.7 Å². The number of carbonyl (C=O) groups is 2. The van der Waals surface area contributed by atoms with Gasteiger partial charge in [-0.1, -0.05) is 82.2 Å². The van der Waals surface area contributed by atoms with Crippen molar-refractivity contribution in [2.24, 2.45) is 0 Å². The lowest BCUT2D eigenvalue weighted by Crippen LogP contribution is -2.54. The maximum absolute atomic E-state index is 14.6. The van der Waals surface area contributed by atoms with Crippen LogP contribution >= 0.6 is 15.9 Å². The summed E-state index contributed by atoms with van der Waals surface area (Å²) in [6.45, 7) is 6.95. The van der Waals surface area contributed by atoms with Crippen molar-refractivity contribution < 1.29 is 22.7 Å². The lowest BCUT2D eigenvalue weighted by atomic mass is 10.0. The molecule has 4 aromatic carbocycles. The molecule has 4 rings (SSSR count). The van der Waals surface area contributed by atoms with Crippen molar-refractivity contribution >= 4 is 43.5 Å². The SMILES string of the molecule is COc1ccc(C)cc1N(CC(=O)N(Cc1ccc(Br)cc1)[C@H](Cc1ccccc1)C(=O)NC(C)C)S(=O)(=O)c1ccc(C)cc1. The fourth-order valence-electron chi connectivity index (χ4n) is 5.07. The minimum atomic E-state index is -4.25. The van der Waals surface area contributed by atoms with Gasteiger partial charge in [0.25, 0.3) is 10.0 Å². The number of amides is 2. The number of ether oxygens (including phenoxy) is 1. The number of hydrogen-bond donors (Lipinski definition) is 1. The topological polar surface area (TPSA) is 96.0 Å². The number of carbonyl (C=O) groups excluding carboxylic acids is 2. The second-order valence-corrected chi connectivity index (χ2v) is 14.3. The van der Waals surface area contributed by atoms with Crippen molar-refractivity contribution in [2.45, 2.75) is 57.6 Å². The van der Waals surface area contributed by atoms with Crippen LogP contribution in [0.2, 0.25) is 0 Å². The molecule has 0 aliphatic heterocycles. The summed E-state index contributed by atoms with van der Waals surface area (Å²) in [7, 11) is -2.80. The van der Waals surface area contributed by atoms with Crippen LogP contribution in [0.15, 0.2) is 106 Å². The molecule has 0 aliphatic carbocycles. The van der Waals surface area contributed by atoms with Gasteiger partial charge in [0.1, 0.15) is 18.3 Å². The largest absolute Gasteiger partial charge is 0.495 e.